The van der Waals surface area contributed by atoms with Crippen LogP contribution in [0.1, 0.15) is 10.4 Å². The number of anilines is 1. The Hall–Kier alpha value is -2.24. The molecule has 0 radical (unpaired) electrons. The van der Waals surface area contributed by atoms with Crippen molar-refractivity contribution in [3.63, 3.8) is 0 Å². The number of rotatable bonds is 4. The maximum atomic E-state index is 11.3. The zero-order valence-corrected chi connectivity index (χ0v) is 8.82. The number of nitrogens with two attached hydrogens (primary N) is 2. The Kier molecular flexibility index (Phi) is 3.71. The first-order valence-corrected chi connectivity index (χ1v) is 4.57. The Morgan fingerprint density at radius 3 is 2.62 bits per heavy atom. The summed E-state index contributed by atoms with van der Waals surface area (Å²) < 4.78 is 5.04. The van der Waals surface area contributed by atoms with E-state index in [0.717, 1.165) is 0 Å². The molecule has 1 aromatic carbocycles. The van der Waals surface area contributed by atoms with Crippen LogP contribution < -0.4 is 21.5 Å². The van der Waals surface area contributed by atoms with Crippen molar-refractivity contribution in [3.05, 3.63) is 23.8 Å². The fourth-order valence-electron chi connectivity index (χ4n) is 1.11. The molecule has 2 amide bonds. The molecule has 16 heavy (non-hydrogen) atoms. The number of hydrogen-bond acceptors (Lipinski definition) is 4. The average molecular weight is 223 g/mol. The van der Waals surface area contributed by atoms with Crippen LogP contribution in [0.15, 0.2) is 18.2 Å². The van der Waals surface area contributed by atoms with E-state index in [0.29, 0.717) is 11.3 Å². The number of ether oxygens (including phenoxy) is 1. The first kappa shape index (κ1) is 11.8. The predicted octanol–water partition coefficient (Wildman–Crippen LogP) is -0.507. The van der Waals surface area contributed by atoms with Crippen LogP contribution in [-0.2, 0) is 4.79 Å². The van der Waals surface area contributed by atoms with E-state index in [1.165, 1.54) is 19.2 Å². The molecule has 86 valence electrons. The topological polar surface area (TPSA) is 107 Å². The van der Waals surface area contributed by atoms with E-state index >= 15 is 0 Å². The molecule has 0 aliphatic heterocycles. The van der Waals surface area contributed by atoms with Crippen molar-refractivity contribution < 1.29 is 14.3 Å². The number of carbonyl (C=O) groups is 2. The lowest BCUT2D eigenvalue weighted by Gasteiger charge is -2.08. The lowest BCUT2D eigenvalue weighted by atomic mass is 10.2. The van der Waals surface area contributed by atoms with Gasteiger partial charge in [-0.05, 0) is 18.2 Å². The molecule has 0 saturated heterocycles. The highest BCUT2D eigenvalue weighted by molar-refractivity contribution is 5.95. The van der Waals surface area contributed by atoms with E-state index in [1.54, 1.807) is 6.07 Å². The third-order valence-electron chi connectivity index (χ3n) is 1.87. The van der Waals surface area contributed by atoms with Gasteiger partial charge in [0.2, 0.25) is 0 Å². The Bertz CT molecular complexity index is 418. The number of primary amides is 1. The smallest absolute Gasteiger partial charge is 0.255 e. The van der Waals surface area contributed by atoms with Crippen LogP contribution in [0.3, 0.4) is 0 Å². The Morgan fingerprint density at radius 1 is 1.44 bits per heavy atom. The summed E-state index contributed by atoms with van der Waals surface area (Å²) in [6, 6.07) is 4.53. The highest BCUT2D eigenvalue weighted by atomic mass is 16.5. The van der Waals surface area contributed by atoms with Crippen molar-refractivity contribution >= 4 is 17.5 Å². The van der Waals surface area contributed by atoms with Crippen molar-refractivity contribution in [1.29, 1.82) is 0 Å². The van der Waals surface area contributed by atoms with Crippen LogP contribution in [0.5, 0.6) is 5.75 Å². The fourth-order valence-corrected chi connectivity index (χ4v) is 1.11. The molecule has 0 aliphatic carbocycles. The van der Waals surface area contributed by atoms with E-state index in [9.17, 15) is 9.59 Å². The number of carbonyl (C=O) groups excluding carboxylic acids is 2. The molecule has 0 heterocycles. The zero-order chi connectivity index (χ0) is 12.1. The number of benzene rings is 1. The molecule has 0 aromatic heterocycles. The molecule has 1 rings (SSSR count). The second-order valence-electron chi connectivity index (χ2n) is 3.09. The molecular formula is C10H13N3O3. The van der Waals surface area contributed by atoms with Crippen LogP contribution in [0, 0.1) is 0 Å². The van der Waals surface area contributed by atoms with Gasteiger partial charge in [0.15, 0.2) is 6.61 Å². The molecule has 6 nitrogen and oxygen atoms in total. The van der Waals surface area contributed by atoms with Crippen molar-refractivity contribution in [1.82, 2.24) is 5.32 Å². The van der Waals surface area contributed by atoms with E-state index in [-0.39, 0.29) is 18.2 Å². The van der Waals surface area contributed by atoms with Crippen LogP contribution in [0.4, 0.5) is 5.69 Å². The first-order valence-electron chi connectivity index (χ1n) is 4.57. The number of amides is 2. The van der Waals surface area contributed by atoms with E-state index < -0.39 is 5.91 Å². The molecule has 1 aromatic rings. The van der Waals surface area contributed by atoms with Gasteiger partial charge in [0.25, 0.3) is 11.8 Å². The minimum Gasteiger partial charge on any atom is -0.482 e. The number of nitrogen functional groups attached to an aromatic ring is 1. The maximum Gasteiger partial charge on any atom is 0.255 e. The highest BCUT2D eigenvalue weighted by Crippen LogP contribution is 2.22. The molecular weight excluding hydrogens is 210 g/mol. The summed E-state index contributed by atoms with van der Waals surface area (Å²) in [6.07, 6.45) is 0. The van der Waals surface area contributed by atoms with Gasteiger partial charge in [-0.1, -0.05) is 0 Å². The van der Waals surface area contributed by atoms with Gasteiger partial charge in [0.05, 0.1) is 5.69 Å². The maximum absolute atomic E-state index is 11.3. The van der Waals surface area contributed by atoms with Gasteiger partial charge < -0.3 is 21.5 Å². The van der Waals surface area contributed by atoms with Gasteiger partial charge in [-0.2, -0.15) is 0 Å². The summed E-state index contributed by atoms with van der Waals surface area (Å²) >= 11 is 0. The minimum atomic E-state index is -0.588. The normalized spacial score (nSPS) is 9.56. The largest absolute Gasteiger partial charge is 0.482 e. The molecule has 6 heteroatoms. The van der Waals surface area contributed by atoms with E-state index in [2.05, 4.69) is 5.32 Å². The second-order valence-corrected chi connectivity index (χ2v) is 3.09. The summed E-state index contributed by atoms with van der Waals surface area (Å²) in [5.74, 6) is -0.505. The summed E-state index contributed by atoms with van der Waals surface area (Å²) in [5.41, 5.74) is 11.3. The summed E-state index contributed by atoms with van der Waals surface area (Å²) in [4.78, 5) is 21.8. The van der Waals surface area contributed by atoms with Crippen LogP contribution in [0.2, 0.25) is 0 Å². The van der Waals surface area contributed by atoms with Crippen molar-refractivity contribution in [2.24, 2.45) is 5.73 Å². The van der Waals surface area contributed by atoms with Gasteiger partial charge in [-0.3, -0.25) is 9.59 Å². The average Bonchev–Trinajstić information content (AvgIpc) is 2.26. The Morgan fingerprint density at radius 2 is 2.12 bits per heavy atom. The predicted molar refractivity (Wildman–Crippen MR) is 58.9 cm³/mol. The van der Waals surface area contributed by atoms with Crippen molar-refractivity contribution in [2.75, 3.05) is 19.4 Å². The first-order chi connectivity index (χ1) is 7.54. The van der Waals surface area contributed by atoms with Gasteiger partial charge >= 0.3 is 0 Å². The molecule has 0 saturated carbocycles. The van der Waals surface area contributed by atoms with Crippen molar-refractivity contribution in [3.8, 4) is 5.75 Å². The van der Waals surface area contributed by atoms with Gasteiger partial charge in [0.1, 0.15) is 5.75 Å². The molecule has 0 fully saturated rings. The number of hydrogen-bond donors (Lipinski definition) is 3. The zero-order valence-electron chi connectivity index (χ0n) is 8.82. The lowest BCUT2D eigenvalue weighted by molar-refractivity contribution is -0.119. The highest BCUT2D eigenvalue weighted by Gasteiger charge is 2.07. The lowest BCUT2D eigenvalue weighted by Crippen LogP contribution is -2.21. The van der Waals surface area contributed by atoms with Gasteiger partial charge in [-0.15, -0.1) is 0 Å². The Labute approximate surface area is 92.6 Å². The van der Waals surface area contributed by atoms with E-state index in [1.807, 2.05) is 0 Å². The third-order valence-corrected chi connectivity index (χ3v) is 1.87. The molecule has 0 aliphatic rings. The summed E-state index contributed by atoms with van der Waals surface area (Å²) in [5, 5.41) is 2.47. The second kappa shape index (κ2) is 5.01. The Balaban J connectivity index is 2.83. The number of nitrogens with one attached hydrogen (secondary N) is 1. The fraction of sp³-hybridized carbons (Fsp3) is 0.200. The minimum absolute atomic E-state index is 0.242. The molecule has 0 bridgehead atoms. The van der Waals surface area contributed by atoms with Gasteiger partial charge in [0, 0.05) is 12.6 Å². The van der Waals surface area contributed by atoms with Gasteiger partial charge in [-0.25, -0.2) is 0 Å². The van der Waals surface area contributed by atoms with Crippen molar-refractivity contribution in [2.45, 2.75) is 0 Å². The van der Waals surface area contributed by atoms with Crippen LogP contribution in [0.25, 0.3) is 0 Å². The summed E-state index contributed by atoms with van der Waals surface area (Å²) in [6.45, 7) is -0.247. The molecule has 0 spiro atoms. The molecule has 0 atom stereocenters. The quantitative estimate of drug-likeness (QED) is 0.597. The molecule has 5 N–H and O–H groups in total. The van der Waals surface area contributed by atoms with Crippen LogP contribution >= 0.6 is 0 Å². The SMILES string of the molecule is CNC(=O)c1ccc(OCC(N)=O)c(N)c1. The monoisotopic (exact) mass is 223 g/mol. The van der Waals surface area contributed by atoms with E-state index in [4.69, 9.17) is 16.2 Å². The third kappa shape index (κ3) is 2.88. The standard InChI is InChI=1S/C10H13N3O3/c1-13-10(15)6-2-3-8(7(11)4-6)16-5-9(12)14/h2-4H,5,11H2,1H3,(H2,12,14)(H,13,15). The summed E-state index contributed by atoms with van der Waals surface area (Å²) in [7, 11) is 1.52. The molecule has 0 unspecified atom stereocenters. The van der Waals surface area contributed by atoms with Crippen LogP contribution in [-0.4, -0.2) is 25.5 Å².